The van der Waals surface area contributed by atoms with Crippen LogP contribution in [0.3, 0.4) is 0 Å². The molecule has 1 aromatic carbocycles. The van der Waals surface area contributed by atoms with Gasteiger partial charge in [0.05, 0.1) is 5.69 Å². The van der Waals surface area contributed by atoms with E-state index in [1.807, 2.05) is 12.1 Å². The van der Waals surface area contributed by atoms with E-state index in [-0.39, 0.29) is 4.90 Å². The number of primary sulfonamides is 1. The highest BCUT2D eigenvalue weighted by atomic mass is 32.2. The molecule has 6 heteroatoms. The lowest BCUT2D eigenvalue weighted by Crippen LogP contribution is -2.44. The molecule has 0 aromatic heterocycles. The van der Waals surface area contributed by atoms with Crippen molar-refractivity contribution in [1.82, 2.24) is 5.32 Å². The van der Waals surface area contributed by atoms with E-state index in [0.717, 1.165) is 31.6 Å². The fraction of sp³-hybridized carbons (Fsp3) is 0.571. The van der Waals surface area contributed by atoms with Crippen molar-refractivity contribution < 1.29 is 8.42 Å². The Bertz CT molecular complexity index is 582. The first-order chi connectivity index (χ1) is 9.57. The smallest absolute Gasteiger partial charge is 0.240 e. The molecular formula is C14H21N3O2S. The van der Waals surface area contributed by atoms with Crippen molar-refractivity contribution in [2.75, 3.05) is 18.0 Å². The molecule has 2 aliphatic heterocycles. The summed E-state index contributed by atoms with van der Waals surface area (Å²) in [5.74, 6) is 0. The van der Waals surface area contributed by atoms with Gasteiger partial charge in [0.15, 0.2) is 0 Å². The van der Waals surface area contributed by atoms with Crippen LogP contribution in [0, 0.1) is 0 Å². The number of sulfonamides is 1. The number of rotatable bonds is 3. The van der Waals surface area contributed by atoms with Gasteiger partial charge >= 0.3 is 0 Å². The van der Waals surface area contributed by atoms with Gasteiger partial charge in [0, 0.05) is 18.6 Å². The highest BCUT2D eigenvalue weighted by molar-refractivity contribution is 7.89. The zero-order valence-electron chi connectivity index (χ0n) is 11.5. The Morgan fingerprint density at radius 1 is 1.20 bits per heavy atom. The number of anilines is 1. The van der Waals surface area contributed by atoms with Crippen molar-refractivity contribution in [3.05, 3.63) is 24.3 Å². The van der Waals surface area contributed by atoms with E-state index in [9.17, 15) is 8.42 Å². The summed E-state index contributed by atoms with van der Waals surface area (Å²) >= 11 is 0. The van der Waals surface area contributed by atoms with Gasteiger partial charge in [-0.15, -0.1) is 0 Å². The summed E-state index contributed by atoms with van der Waals surface area (Å²) in [6.07, 6.45) is 4.57. The molecular weight excluding hydrogens is 274 g/mol. The molecule has 1 aromatic rings. The third-order valence-corrected chi connectivity index (χ3v) is 5.30. The predicted octanol–water partition coefficient (Wildman–Crippen LogP) is 1.05. The summed E-state index contributed by atoms with van der Waals surface area (Å²) in [5, 5.41) is 8.89. The second-order valence-corrected chi connectivity index (χ2v) is 7.15. The Hall–Kier alpha value is -1.11. The van der Waals surface area contributed by atoms with Gasteiger partial charge in [-0.05, 0) is 44.4 Å². The summed E-state index contributed by atoms with van der Waals surface area (Å²) in [5.41, 5.74) is 0.756. The number of nitrogens with zero attached hydrogens (tertiary/aromatic N) is 1. The largest absolute Gasteiger partial charge is 0.366 e. The van der Waals surface area contributed by atoms with Gasteiger partial charge in [-0.25, -0.2) is 13.6 Å². The van der Waals surface area contributed by atoms with E-state index in [2.05, 4.69) is 10.2 Å². The van der Waals surface area contributed by atoms with Crippen LogP contribution in [0.25, 0.3) is 0 Å². The maximum absolute atomic E-state index is 11.8. The Morgan fingerprint density at radius 3 is 2.70 bits per heavy atom. The number of hydrogen-bond acceptors (Lipinski definition) is 4. The first-order valence-corrected chi connectivity index (χ1v) is 8.74. The molecule has 5 nitrogen and oxygen atoms in total. The summed E-state index contributed by atoms with van der Waals surface area (Å²) in [7, 11) is -3.68. The van der Waals surface area contributed by atoms with Crippen LogP contribution in [0.1, 0.15) is 25.7 Å². The second kappa shape index (κ2) is 5.35. The lowest BCUT2D eigenvalue weighted by molar-refractivity contribution is 0.481. The van der Waals surface area contributed by atoms with Gasteiger partial charge in [0.25, 0.3) is 0 Å². The normalized spacial score (nSPS) is 27.1. The Balaban J connectivity index is 1.95. The third-order valence-electron chi connectivity index (χ3n) is 4.34. The second-order valence-electron chi connectivity index (χ2n) is 5.62. The topological polar surface area (TPSA) is 75.4 Å². The standard InChI is InChI=1S/C14H21N3O2S/c15-20(18,19)14-8-2-1-6-13(14)17-10-4-7-12(17)11-5-3-9-16-11/h1-2,6,8,11-12,16H,3-5,7,9-10H2,(H2,15,18,19). The number of nitrogens with one attached hydrogen (secondary N) is 1. The molecule has 20 heavy (non-hydrogen) atoms. The van der Waals surface area contributed by atoms with E-state index in [4.69, 9.17) is 5.14 Å². The Kier molecular flexibility index (Phi) is 3.70. The number of para-hydroxylation sites is 1. The monoisotopic (exact) mass is 295 g/mol. The molecule has 3 N–H and O–H groups in total. The van der Waals surface area contributed by atoms with Crippen LogP contribution in [-0.4, -0.2) is 33.6 Å². The number of benzene rings is 1. The van der Waals surface area contributed by atoms with Gasteiger partial charge in [0.2, 0.25) is 10.0 Å². The molecule has 0 spiro atoms. The molecule has 3 rings (SSSR count). The van der Waals surface area contributed by atoms with Crippen LogP contribution >= 0.6 is 0 Å². The molecule has 2 atom stereocenters. The molecule has 0 radical (unpaired) electrons. The van der Waals surface area contributed by atoms with Crippen molar-refractivity contribution in [3.8, 4) is 0 Å². The minimum absolute atomic E-state index is 0.241. The molecule has 0 amide bonds. The first-order valence-electron chi connectivity index (χ1n) is 7.19. The maximum Gasteiger partial charge on any atom is 0.240 e. The number of hydrogen-bond donors (Lipinski definition) is 2. The first kappa shape index (κ1) is 13.9. The number of nitrogens with two attached hydrogens (primary N) is 1. The molecule has 0 bridgehead atoms. The zero-order chi connectivity index (χ0) is 14.2. The van der Waals surface area contributed by atoms with Crippen molar-refractivity contribution in [2.45, 2.75) is 42.7 Å². The average Bonchev–Trinajstić information content (AvgIpc) is 3.08. The van der Waals surface area contributed by atoms with Gasteiger partial charge in [0.1, 0.15) is 4.90 Å². The Labute approximate surface area is 120 Å². The molecule has 2 fully saturated rings. The summed E-state index contributed by atoms with van der Waals surface area (Å²) in [6, 6.07) is 7.91. The molecule has 0 saturated carbocycles. The minimum Gasteiger partial charge on any atom is -0.366 e. The molecule has 110 valence electrons. The van der Waals surface area contributed by atoms with Crippen LogP contribution in [0.5, 0.6) is 0 Å². The van der Waals surface area contributed by atoms with Crippen molar-refractivity contribution in [2.24, 2.45) is 5.14 Å². The fourth-order valence-corrected chi connectivity index (χ4v) is 4.23. The summed E-state index contributed by atoms with van der Waals surface area (Å²) < 4.78 is 23.5. The summed E-state index contributed by atoms with van der Waals surface area (Å²) in [6.45, 7) is 1.96. The van der Waals surface area contributed by atoms with Gasteiger partial charge in [-0.1, -0.05) is 12.1 Å². The van der Waals surface area contributed by atoms with Crippen LogP contribution in [0.15, 0.2) is 29.2 Å². The molecule has 2 unspecified atom stereocenters. The van der Waals surface area contributed by atoms with E-state index < -0.39 is 10.0 Å². The van der Waals surface area contributed by atoms with E-state index >= 15 is 0 Å². The SMILES string of the molecule is NS(=O)(=O)c1ccccc1N1CCCC1C1CCCN1. The van der Waals surface area contributed by atoms with Gasteiger partial charge in [-0.3, -0.25) is 0 Å². The quantitative estimate of drug-likeness (QED) is 0.874. The highest BCUT2D eigenvalue weighted by Crippen LogP contribution is 2.33. The predicted molar refractivity (Wildman–Crippen MR) is 79.2 cm³/mol. The minimum atomic E-state index is -3.68. The van der Waals surface area contributed by atoms with Crippen LogP contribution < -0.4 is 15.4 Å². The maximum atomic E-state index is 11.8. The van der Waals surface area contributed by atoms with E-state index in [1.54, 1.807) is 12.1 Å². The van der Waals surface area contributed by atoms with Gasteiger partial charge in [-0.2, -0.15) is 0 Å². The van der Waals surface area contributed by atoms with Crippen LogP contribution in [0.4, 0.5) is 5.69 Å². The highest BCUT2D eigenvalue weighted by Gasteiger charge is 2.35. The molecule has 2 heterocycles. The van der Waals surface area contributed by atoms with Crippen LogP contribution in [0.2, 0.25) is 0 Å². The molecule has 2 saturated heterocycles. The molecule has 2 aliphatic rings. The van der Waals surface area contributed by atoms with E-state index in [0.29, 0.717) is 12.1 Å². The van der Waals surface area contributed by atoms with Crippen molar-refractivity contribution >= 4 is 15.7 Å². The zero-order valence-corrected chi connectivity index (χ0v) is 12.3. The van der Waals surface area contributed by atoms with E-state index in [1.165, 1.54) is 12.8 Å². The lowest BCUT2D eigenvalue weighted by atomic mass is 10.0. The summed E-state index contributed by atoms with van der Waals surface area (Å²) in [4.78, 5) is 2.47. The average molecular weight is 295 g/mol. The lowest BCUT2D eigenvalue weighted by Gasteiger charge is -2.32. The van der Waals surface area contributed by atoms with Crippen molar-refractivity contribution in [3.63, 3.8) is 0 Å². The molecule has 0 aliphatic carbocycles. The fourth-order valence-electron chi connectivity index (χ4n) is 3.48. The van der Waals surface area contributed by atoms with Gasteiger partial charge < -0.3 is 10.2 Å². The van der Waals surface area contributed by atoms with Crippen LogP contribution in [-0.2, 0) is 10.0 Å². The van der Waals surface area contributed by atoms with Crippen molar-refractivity contribution in [1.29, 1.82) is 0 Å². The third kappa shape index (κ3) is 2.55. The Morgan fingerprint density at radius 2 is 2.00 bits per heavy atom.